The molecule has 0 aliphatic carbocycles. The van der Waals surface area contributed by atoms with Crippen LogP contribution in [-0.2, 0) is 10.2 Å². The van der Waals surface area contributed by atoms with Crippen molar-refractivity contribution in [2.75, 3.05) is 17.4 Å². The van der Waals surface area contributed by atoms with Gasteiger partial charge in [0.05, 0.1) is 11.4 Å². The van der Waals surface area contributed by atoms with Crippen molar-refractivity contribution in [2.45, 2.75) is 13.3 Å². The van der Waals surface area contributed by atoms with Gasteiger partial charge in [-0.15, -0.1) is 0 Å². The highest BCUT2D eigenvalue weighted by Gasteiger charge is 2.27. The molecule has 1 aliphatic heterocycles. The molecule has 16 heavy (non-hydrogen) atoms. The van der Waals surface area contributed by atoms with E-state index in [0.29, 0.717) is 24.5 Å². The van der Waals surface area contributed by atoms with Crippen LogP contribution in [-0.4, -0.2) is 26.5 Å². The van der Waals surface area contributed by atoms with Gasteiger partial charge in [-0.3, -0.25) is 9.29 Å². The fourth-order valence-corrected chi connectivity index (χ4v) is 3.31. The standard InChI is InChI=1S/C9H12BrN3O2S/c1-7-9(5-8(10)6-11-7)13-4-2-3-12-16(13,14)15/h5-6,12H,2-4H2,1H3. The third-order valence-electron chi connectivity index (χ3n) is 2.41. The fourth-order valence-electron chi connectivity index (χ4n) is 1.62. The summed E-state index contributed by atoms with van der Waals surface area (Å²) in [7, 11) is -3.39. The van der Waals surface area contributed by atoms with Gasteiger partial charge in [-0.2, -0.15) is 13.1 Å². The molecule has 0 spiro atoms. The minimum absolute atomic E-state index is 0.494. The first-order chi connectivity index (χ1) is 7.50. The summed E-state index contributed by atoms with van der Waals surface area (Å²) in [5, 5.41) is 0. The zero-order chi connectivity index (χ0) is 11.8. The topological polar surface area (TPSA) is 62.3 Å². The summed E-state index contributed by atoms with van der Waals surface area (Å²) in [5.41, 5.74) is 1.33. The Morgan fingerprint density at radius 1 is 1.56 bits per heavy atom. The van der Waals surface area contributed by atoms with Crippen molar-refractivity contribution < 1.29 is 8.42 Å². The average molecular weight is 306 g/mol. The molecule has 7 heteroatoms. The maximum atomic E-state index is 11.8. The van der Waals surface area contributed by atoms with Crippen LogP contribution in [0.1, 0.15) is 12.1 Å². The highest BCUT2D eigenvalue weighted by Crippen LogP contribution is 2.25. The van der Waals surface area contributed by atoms with E-state index in [1.807, 2.05) is 0 Å². The second-order valence-electron chi connectivity index (χ2n) is 3.58. The van der Waals surface area contributed by atoms with Crippen LogP contribution < -0.4 is 9.03 Å². The molecule has 0 unspecified atom stereocenters. The Morgan fingerprint density at radius 3 is 3.00 bits per heavy atom. The molecular formula is C9H12BrN3O2S. The molecule has 1 aromatic heterocycles. The van der Waals surface area contributed by atoms with E-state index in [1.54, 1.807) is 19.2 Å². The number of nitrogens with one attached hydrogen (secondary N) is 1. The van der Waals surface area contributed by atoms with Crippen LogP contribution in [0.4, 0.5) is 5.69 Å². The van der Waals surface area contributed by atoms with Crippen molar-refractivity contribution in [3.63, 3.8) is 0 Å². The first kappa shape index (κ1) is 11.8. The number of nitrogens with zero attached hydrogens (tertiary/aromatic N) is 2. The minimum Gasteiger partial charge on any atom is -0.258 e. The molecule has 0 radical (unpaired) electrons. The zero-order valence-electron chi connectivity index (χ0n) is 8.77. The molecule has 5 nitrogen and oxygen atoms in total. The highest BCUT2D eigenvalue weighted by atomic mass is 79.9. The Balaban J connectivity index is 2.46. The van der Waals surface area contributed by atoms with Crippen LogP contribution in [0.3, 0.4) is 0 Å². The maximum Gasteiger partial charge on any atom is 0.301 e. The number of hydrogen-bond donors (Lipinski definition) is 1. The molecule has 1 aliphatic rings. The van der Waals surface area contributed by atoms with Crippen molar-refractivity contribution in [3.05, 3.63) is 22.4 Å². The van der Waals surface area contributed by atoms with Gasteiger partial charge in [0, 0.05) is 23.8 Å². The predicted molar refractivity (Wildman–Crippen MR) is 65.6 cm³/mol. The number of hydrogen-bond acceptors (Lipinski definition) is 3. The Morgan fingerprint density at radius 2 is 2.31 bits per heavy atom. The monoisotopic (exact) mass is 305 g/mol. The second-order valence-corrected chi connectivity index (χ2v) is 6.18. The lowest BCUT2D eigenvalue weighted by Gasteiger charge is -2.29. The van der Waals surface area contributed by atoms with Crippen molar-refractivity contribution in [1.82, 2.24) is 9.71 Å². The number of halogens is 1. The van der Waals surface area contributed by atoms with E-state index in [1.165, 1.54) is 4.31 Å². The van der Waals surface area contributed by atoms with Crippen LogP contribution in [0.25, 0.3) is 0 Å². The molecule has 1 saturated heterocycles. The zero-order valence-corrected chi connectivity index (χ0v) is 11.2. The Labute approximate surface area is 103 Å². The molecule has 1 fully saturated rings. The third kappa shape index (κ3) is 2.21. The fraction of sp³-hybridized carbons (Fsp3) is 0.444. The molecule has 1 aromatic rings. The lowest BCUT2D eigenvalue weighted by Crippen LogP contribution is -2.47. The second kappa shape index (κ2) is 4.31. The van der Waals surface area contributed by atoms with Gasteiger partial charge in [0.15, 0.2) is 0 Å². The van der Waals surface area contributed by atoms with Gasteiger partial charge in [0.25, 0.3) is 0 Å². The smallest absolute Gasteiger partial charge is 0.258 e. The van der Waals surface area contributed by atoms with E-state index in [-0.39, 0.29) is 0 Å². The van der Waals surface area contributed by atoms with Gasteiger partial charge in [-0.1, -0.05) is 0 Å². The van der Waals surface area contributed by atoms with Crippen molar-refractivity contribution in [1.29, 1.82) is 0 Å². The van der Waals surface area contributed by atoms with Crippen LogP contribution in [0.5, 0.6) is 0 Å². The summed E-state index contributed by atoms with van der Waals surface area (Å²) in [6.45, 7) is 2.79. The van der Waals surface area contributed by atoms with Gasteiger partial charge in [0.1, 0.15) is 0 Å². The lowest BCUT2D eigenvalue weighted by molar-refractivity contribution is 0.560. The predicted octanol–water partition coefficient (Wildman–Crippen LogP) is 1.20. The Kier molecular flexibility index (Phi) is 3.18. The van der Waals surface area contributed by atoms with Gasteiger partial charge < -0.3 is 0 Å². The van der Waals surface area contributed by atoms with Crippen molar-refractivity contribution in [2.24, 2.45) is 0 Å². The van der Waals surface area contributed by atoms with Gasteiger partial charge in [-0.05, 0) is 35.3 Å². The maximum absolute atomic E-state index is 11.8. The van der Waals surface area contributed by atoms with E-state index in [2.05, 4.69) is 25.6 Å². The average Bonchev–Trinajstić information content (AvgIpc) is 2.22. The molecule has 2 heterocycles. The van der Waals surface area contributed by atoms with Crippen molar-refractivity contribution >= 4 is 31.8 Å². The molecule has 0 amide bonds. The van der Waals surface area contributed by atoms with E-state index in [0.717, 1.165) is 10.9 Å². The molecule has 0 saturated carbocycles. The largest absolute Gasteiger partial charge is 0.301 e. The minimum atomic E-state index is -3.39. The summed E-state index contributed by atoms with van der Waals surface area (Å²) in [5.74, 6) is 0. The number of aryl methyl sites for hydroxylation is 1. The summed E-state index contributed by atoms with van der Waals surface area (Å²) >= 11 is 3.30. The molecule has 0 aromatic carbocycles. The summed E-state index contributed by atoms with van der Waals surface area (Å²) in [6, 6.07) is 1.77. The molecule has 2 rings (SSSR count). The van der Waals surface area contributed by atoms with Crippen LogP contribution in [0.2, 0.25) is 0 Å². The first-order valence-electron chi connectivity index (χ1n) is 4.90. The van der Waals surface area contributed by atoms with Crippen LogP contribution >= 0.6 is 15.9 Å². The van der Waals surface area contributed by atoms with E-state index < -0.39 is 10.2 Å². The number of aromatic nitrogens is 1. The first-order valence-corrected chi connectivity index (χ1v) is 7.13. The third-order valence-corrected chi connectivity index (χ3v) is 4.37. The van der Waals surface area contributed by atoms with Gasteiger partial charge in [0.2, 0.25) is 0 Å². The number of rotatable bonds is 1. The molecular weight excluding hydrogens is 294 g/mol. The van der Waals surface area contributed by atoms with E-state index in [9.17, 15) is 8.42 Å². The van der Waals surface area contributed by atoms with E-state index >= 15 is 0 Å². The van der Waals surface area contributed by atoms with Crippen molar-refractivity contribution in [3.8, 4) is 0 Å². The van der Waals surface area contributed by atoms with Gasteiger partial charge in [-0.25, -0.2) is 0 Å². The molecule has 0 bridgehead atoms. The molecule has 1 N–H and O–H groups in total. The molecule has 0 atom stereocenters. The Hall–Kier alpha value is -0.660. The quantitative estimate of drug-likeness (QED) is 0.848. The van der Waals surface area contributed by atoms with E-state index in [4.69, 9.17) is 0 Å². The Bertz CT molecular complexity index is 503. The summed E-state index contributed by atoms with van der Waals surface area (Å²) < 4.78 is 28.3. The number of pyridine rings is 1. The number of anilines is 1. The summed E-state index contributed by atoms with van der Waals surface area (Å²) in [6.07, 6.45) is 2.45. The SMILES string of the molecule is Cc1ncc(Br)cc1N1CCCNS1(=O)=O. The van der Waals surface area contributed by atoms with Crippen LogP contribution in [0, 0.1) is 6.92 Å². The lowest BCUT2D eigenvalue weighted by atomic mass is 10.3. The molecule has 88 valence electrons. The van der Waals surface area contributed by atoms with Crippen LogP contribution in [0.15, 0.2) is 16.7 Å². The summed E-state index contributed by atoms with van der Waals surface area (Å²) in [4.78, 5) is 4.14. The highest BCUT2D eigenvalue weighted by molar-refractivity contribution is 9.10. The van der Waals surface area contributed by atoms with Gasteiger partial charge >= 0.3 is 10.2 Å². The normalized spacial score (nSPS) is 19.8.